The summed E-state index contributed by atoms with van der Waals surface area (Å²) in [6.45, 7) is 4.74. The molecule has 22 heteroatoms. The zero-order valence-corrected chi connectivity index (χ0v) is 22.3. The quantitative estimate of drug-likeness (QED) is 0.0872. The molecule has 0 radical (unpaired) electrons. The van der Waals surface area contributed by atoms with E-state index >= 15 is 0 Å². The first kappa shape index (κ1) is 35.0. The molecule has 0 aliphatic carbocycles. The van der Waals surface area contributed by atoms with Crippen molar-refractivity contribution in [2.24, 2.45) is 0 Å². The standard InChI is InChI=1S/C16H13F16IO3SSi/c1-38(2,3)9-6-4-8(5-7-9)33(36-37(34,35)16(30,31)32)15(28,29)13(23,24)11(19,20)10(17,18)12(21,22)14(25,26)27/h4-7H,1-3H3. The molecule has 38 heavy (non-hydrogen) atoms. The molecule has 0 amide bonds. The average Bonchev–Trinajstić information content (AvgIpc) is 2.69. The van der Waals surface area contributed by atoms with Gasteiger partial charge in [0.25, 0.3) is 0 Å². The summed E-state index contributed by atoms with van der Waals surface area (Å²) in [5, 5.41) is 0.229. The molecule has 0 aliphatic heterocycles. The van der Waals surface area contributed by atoms with Crippen LogP contribution in [0.2, 0.25) is 19.6 Å². The Morgan fingerprint density at radius 1 is 0.632 bits per heavy atom. The van der Waals surface area contributed by atoms with Crippen molar-refractivity contribution in [2.45, 2.75) is 58.9 Å². The summed E-state index contributed by atoms with van der Waals surface area (Å²) in [5.74, 6) is -32.7. The summed E-state index contributed by atoms with van der Waals surface area (Å²) in [4.78, 5) is 0. The molecule has 0 bridgehead atoms. The van der Waals surface area contributed by atoms with Gasteiger partial charge in [-0.05, 0) is 0 Å². The van der Waals surface area contributed by atoms with Crippen LogP contribution in [0.5, 0.6) is 0 Å². The molecule has 0 heterocycles. The van der Waals surface area contributed by atoms with Gasteiger partial charge in [0, 0.05) is 0 Å². The van der Waals surface area contributed by atoms with E-state index in [2.05, 4.69) is 2.51 Å². The molecule has 0 saturated carbocycles. The molecular formula is C16H13F16IO3SSi. The number of hydrogen-bond donors (Lipinski definition) is 0. The number of rotatable bonds is 9. The summed E-state index contributed by atoms with van der Waals surface area (Å²) in [5.41, 5.74) is -6.66. The van der Waals surface area contributed by atoms with E-state index < -0.39 is 81.3 Å². The Labute approximate surface area is 211 Å². The second-order valence-corrected chi connectivity index (χ2v) is 19.9. The zero-order valence-electron chi connectivity index (χ0n) is 18.4. The molecule has 224 valence electrons. The number of alkyl halides is 17. The normalized spacial score (nSPS) is 16.0. The first-order valence-corrected chi connectivity index (χ1v) is 17.0. The second-order valence-electron chi connectivity index (χ2n) is 8.26. The Morgan fingerprint density at radius 3 is 1.32 bits per heavy atom. The molecule has 1 aromatic carbocycles. The van der Waals surface area contributed by atoms with E-state index in [0.29, 0.717) is 0 Å². The Balaban J connectivity index is 3.92. The van der Waals surface area contributed by atoms with Crippen LogP contribution in [0.1, 0.15) is 0 Å². The van der Waals surface area contributed by atoms with Gasteiger partial charge in [0.2, 0.25) is 0 Å². The molecule has 1 rings (SSSR count). The van der Waals surface area contributed by atoms with E-state index in [-0.39, 0.29) is 17.3 Å². The van der Waals surface area contributed by atoms with Gasteiger partial charge in [-0.3, -0.25) is 0 Å². The first-order chi connectivity index (χ1) is 16.3. The topological polar surface area (TPSA) is 43.4 Å². The van der Waals surface area contributed by atoms with Crippen molar-refractivity contribution < 1.29 is 81.2 Å². The Hall–Kier alpha value is -1.04. The van der Waals surface area contributed by atoms with Gasteiger partial charge in [-0.15, -0.1) is 0 Å². The monoisotopic (exact) mass is 744 g/mol. The van der Waals surface area contributed by atoms with Gasteiger partial charge in [-0.25, -0.2) is 0 Å². The summed E-state index contributed by atoms with van der Waals surface area (Å²) in [6, 6.07) is 1.98. The fourth-order valence-electron chi connectivity index (χ4n) is 2.25. The first-order valence-electron chi connectivity index (χ1n) is 9.08. The van der Waals surface area contributed by atoms with Crippen LogP contribution in [0.25, 0.3) is 0 Å². The Morgan fingerprint density at radius 2 is 1.00 bits per heavy atom. The molecule has 0 saturated heterocycles. The minimum absolute atomic E-state index is 0.229. The van der Waals surface area contributed by atoms with Gasteiger partial charge >= 0.3 is 212 Å². The van der Waals surface area contributed by atoms with Crippen molar-refractivity contribution in [3.8, 4) is 0 Å². The zero-order chi connectivity index (χ0) is 30.8. The Bertz CT molecular complexity index is 1110. The Kier molecular flexibility index (Phi) is 9.02. The van der Waals surface area contributed by atoms with Crippen molar-refractivity contribution in [2.75, 3.05) is 0 Å². The second kappa shape index (κ2) is 9.80. The fourth-order valence-corrected chi connectivity index (χ4v) is 9.89. The van der Waals surface area contributed by atoms with E-state index in [1.165, 1.54) is 0 Å². The van der Waals surface area contributed by atoms with Crippen molar-refractivity contribution in [3.05, 3.63) is 27.8 Å². The maximum atomic E-state index is 14.7. The van der Waals surface area contributed by atoms with Gasteiger partial charge in [0.1, 0.15) is 0 Å². The molecule has 0 N–H and O–H groups in total. The van der Waals surface area contributed by atoms with Crippen LogP contribution in [-0.2, 0) is 12.6 Å². The van der Waals surface area contributed by atoms with Gasteiger partial charge in [-0.1, -0.05) is 0 Å². The van der Waals surface area contributed by atoms with Crippen molar-refractivity contribution in [1.29, 1.82) is 0 Å². The SMILES string of the molecule is C[Si](C)(C)c1ccc(I(OS(=O)(=O)C(F)(F)F)C(F)(F)C(F)(F)C(F)(F)C(F)(F)C(F)(F)C(F)(F)F)cc1. The molecule has 1 aromatic rings. The summed E-state index contributed by atoms with van der Waals surface area (Å²) < 4.78 is 231. The number of halogens is 17. The van der Waals surface area contributed by atoms with Crippen LogP contribution in [0.4, 0.5) is 70.2 Å². The third-order valence-electron chi connectivity index (χ3n) is 4.45. The van der Waals surface area contributed by atoms with E-state index in [4.69, 9.17) is 0 Å². The summed E-state index contributed by atoms with van der Waals surface area (Å²) in [6.07, 6.45) is -7.70. The third-order valence-corrected chi connectivity index (χ3v) is 13.6. The van der Waals surface area contributed by atoms with Gasteiger partial charge in [0.05, 0.1) is 0 Å². The van der Waals surface area contributed by atoms with E-state index in [1.54, 1.807) is 19.6 Å². The van der Waals surface area contributed by atoms with Crippen LogP contribution in [-0.4, -0.2) is 55.8 Å². The third kappa shape index (κ3) is 5.72. The van der Waals surface area contributed by atoms with Gasteiger partial charge < -0.3 is 0 Å². The maximum absolute atomic E-state index is 14.7. The fraction of sp³-hybridized carbons (Fsp3) is 0.625. The van der Waals surface area contributed by atoms with Crippen LogP contribution in [0.15, 0.2) is 24.3 Å². The van der Waals surface area contributed by atoms with E-state index in [9.17, 15) is 78.7 Å². The van der Waals surface area contributed by atoms with Crippen LogP contribution in [0.3, 0.4) is 0 Å². The van der Waals surface area contributed by atoms with Crippen LogP contribution >= 0.6 is 20.2 Å². The predicted octanol–water partition coefficient (Wildman–Crippen LogP) is 7.39. The molecule has 0 aromatic heterocycles. The molecule has 0 unspecified atom stereocenters. The number of benzene rings is 1. The van der Waals surface area contributed by atoms with E-state index in [0.717, 1.165) is 12.1 Å². The van der Waals surface area contributed by atoms with Gasteiger partial charge in [0.15, 0.2) is 0 Å². The predicted molar refractivity (Wildman–Crippen MR) is 109 cm³/mol. The minimum atomic E-state index is -8.33. The molecule has 0 aliphatic rings. The van der Waals surface area contributed by atoms with Crippen LogP contribution in [0, 0.1) is 3.57 Å². The molecule has 3 nitrogen and oxygen atoms in total. The molecule has 0 spiro atoms. The van der Waals surface area contributed by atoms with E-state index in [1.807, 2.05) is 0 Å². The summed E-state index contributed by atoms with van der Waals surface area (Å²) in [7, 11) is -9.77. The molecule has 0 atom stereocenters. The van der Waals surface area contributed by atoms with Crippen molar-refractivity contribution >= 4 is 43.6 Å². The average molecular weight is 744 g/mol. The summed E-state index contributed by atoms with van der Waals surface area (Å²) >= 11 is -6.96. The van der Waals surface area contributed by atoms with Crippen molar-refractivity contribution in [1.82, 2.24) is 0 Å². The number of hydrogen-bond acceptors (Lipinski definition) is 3. The molecular weight excluding hydrogens is 731 g/mol. The van der Waals surface area contributed by atoms with Gasteiger partial charge in [-0.2, -0.15) is 0 Å². The van der Waals surface area contributed by atoms with Crippen LogP contribution < -0.4 is 5.19 Å². The van der Waals surface area contributed by atoms with Crippen molar-refractivity contribution in [3.63, 3.8) is 0 Å². The molecule has 0 fully saturated rings.